The van der Waals surface area contributed by atoms with E-state index in [9.17, 15) is 0 Å². The molecular weight excluding hydrogens is 242 g/mol. The van der Waals surface area contributed by atoms with Crippen LogP contribution < -0.4 is 11.1 Å². The fourth-order valence-corrected chi connectivity index (χ4v) is 3.46. The summed E-state index contributed by atoms with van der Waals surface area (Å²) in [5.74, 6) is 0. The average Bonchev–Trinajstić information content (AvgIpc) is 2.84. The van der Waals surface area contributed by atoms with Gasteiger partial charge in [0.05, 0.1) is 0 Å². The molecule has 3 nitrogen and oxygen atoms in total. The first-order valence-corrected chi connectivity index (χ1v) is 7.97. The van der Waals surface area contributed by atoms with Crippen molar-refractivity contribution < 1.29 is 0 Å². The predicted molar refractivity (Wildman–Crippen MR) is 77.8 cm³/mol. The summed E-state index contributed by atoms with van der Waals surface area (Å²) < 4.78 is 0. The molecule has 0 amide bonds. The third-order valence-electron chi connectivity index (χ3n) is 3.88. The summed E-state index contributed by atoms with van der Waals surface area (Å²) in [6.07, 6.45) is 10.6. The minimum Gasteiger partial charge on any atom is -0.325 e. The zero-order valence-corrected chi connectivity index (χ0v) is 12.2. The van der Waals surface area contributed by atoms with Crippen LogP contribution in [0.3, 0.4) is 0 Å². The number of nitrogens with two attached hydrogens (primary N) is 1. The van der Waals surface area contributed by atoms with E-state index >= 15 is 0 Å². The van der Waals surface area contributed by atoms with Gasteiger partial charge in [0.2, 0.25) is 0 Å². The van der Waals surface area contributed by atoms with Gasteiger partial charge in [-0.1, -0.05) is 26.2 Å². The lowest BCUT2D eigenvalue weighted by Gasteiger charge is -2.33. The maximum Gasteiger partial charge on any atom is 0.107 e. The van der Waals surface area contributed by atoms with Crippen molar-refractivity contribution in [3.63, 3.8) is 0 Å². The lowest BCUT2D eigenvalue weighted by Crippen LogP contribution is -2.43. The molecule has 0 spiro atoms. The molecule has 102 valence electrons. The van der Waals surface area contributed by atoms with Crippen molar-refractivity contribution in [1.29, 1.82) is 0 Å². The smallest absolute Gasteiger partial charge is 0.107 e. The average molecular weight is 267 g/mol. The molecule has 0 aromatic carbocycles. The molecule has 0 bridgehead atoms. The molecule has 1 aromatic rings. The maximum atomic E-state index is 6.41. The quantitative estimate of drug-likeness (QED) is 0.779. The van der Waals surface area contributed by atoms with E-state index in [1.54, 1.807) is 0 Å². The van der Waals surface area contributed by atoms with Crippen molar-refractivity contribution in [2.75, 3.05) is 6.54 Å². The Morgan fingerprint density at radius 3 is 2.83 bits per heavy atom. The fourth-order valence-electron chi connectivity index (χ4n) is 2.63. The molecule has 0 atom stereocenters. The third-order valence-corrected chi connectivity index (χ3v) is 5.02. The molecule has 1 heterocycles. The Morgan fingerprint density at radius 2 is 2.17 bits per heavy atom. The van der Waals surface area contributed by atoms with Crippen LogP contribution >= 0.6 is 11.3 Å². The van der Waals surface area contributed by atoms with E-state index in [0.717, 1.165) is 25.9 Å². The van der Waals surface area contributed by atoms with Gasteiger partial charge in [0.25, 0.3) is 0 Å². The van der Waals surface area contributed by atoms with Crippen LogP contribution in [-0.4, -0.2) is 17.1 Å². The number of hydrogen-bond acceptors (Lipinski definition) is 4. The molecule has 3 N–H and O–H groups in total. The van der Waals surface area contributed by atoms with Crippen LogP contribution in [0.4, 0.5) is 0 Å². The zero-order chi connectivity index (χ0) is 12.8. The molecule has 0 aliphatic heterocycles. The number of nitrogens with one attached hydrogen (secondary N) is 1. The van der Waals surface area contributed by atoms with Crippen LogP contribution in [0.1, 0.15) is 55.3 Å². The van der Waals surface area contributed by atoms with Gasteiger partial charge < -0.3 is 11.1 Å². The molecule has 2 rings (SSSR count). The highest BCUT2D eigenvalue weighted by Crippen LogP contribution is 2.28. The number of aromatic nitrogens is 1. The molecule has 1 aliphatic carbocycles. The Hall–Kier alpha value is -0.450. The number of nitrogens with zero attached hydrogens (tertiary/aromatic N) is 1. The van der Waals surface area contributed by atoms with Gasteiger partial charge in [-0.25, -0.2) is 4.98 Å². The monoisotopic (exact) mass is 267 g/mol. The van der Waals surface area contributed by atoms with Gasteiger partial charge in [0.1, 0.15) is 5.01 Å². The van der Waals surface area contributed by atoms with Crippen molar-refractivity contribution in [2.24, 2.45) is 5.73 Å². The Morgan fingerprint density at radius 1 is 1.39 bits per heavy atom. The highest BCUT2D eigenvalue weighted by molar-refractivity contribution is 7.11. The summed E-state index contributed by atoms with van der Waals surface area (Å²) in [7, 11) is 0. The van der Waals surface area contributed by atoms with E-state index in [1.165, 1.54) is 42.0 Å². The van der Waals surface area contributed by atoms with E-state index in [-0.39, 0.29) is 5.54 Å². The molecule has 1 aromatic heterocycles. The minimum atomic E-state index is 0.0999. The first kappa shape index (κ1) is 14.0. The van der Waals surface area contributed by atoms with Gasteiger partial charge in [-0.05, 0) is 32.2 Å². The molecule has 0 radical (unpaired) electrons. The summed E-state index contributed by atoms with van der Waals surface area (Å²) in [6, 6.07) is 0. The largest absolute Gasteiger partial charge is 0.325 e. The molecule has 1 fully saturated rings. The first-order valence-electron chi connectivity index (χ1n) is 7.15. The fraction of sp³-hybridized carbons (Fsp3) is 0.786. The number of hydrogen-bond donors (Lipinski definition) is 2. The van der Waals surface area contributed by atoms with E-state index in [1.807, 2.05) is 17.5 Å². The third kappa shape index (κ3) is 4.04. The lowest BCUT2D eigenvalue weighted by atomic mass is 9.80. The van der Waals surface area contributed by atoms with Crippen LogP contribution in [0.15, 0.2) is 6.20 Å². The summed E-state index contributed by atoms with van der Waals surface area (Å²) in [5.41, 5.74) is 6.51. The molecule has 0 saturated heterocycles. The highest BCUT2D eigenvalue weighted by atomic mass is 32.1. The number of aryl methyl sites for hydroxylation is 1. The summed E-state index contributed by atoms with van der Waals surface area (Å²) >= 11 is 1.81. The lowest BCUT2D eigenvalue weighted by molar-refractivity contribution is 0.274. The summed E-state index contributed by atoms with van der Waals surface area (Å²) in [4.78, 5) is 5.78. The van der Waals surface area contributed by atoms with Crippen LogP contribution in [0.5, 0.6) is 0 Å². The topological polar surface area (TPSA) is 50.9 Å². The zero-order valence-electron chi connectivity index (χ0n) is 11.4. The van der Waals surface area contributed by atoms with Gasteiger partial charge in [0.15, 0.2) is 0 Å². The minimum absolute atomic E-state index is 0.0999. The van der Waals surface area contributed by atoms with E-state index in [4.69, 9.17) is 5.73 Å². The Labute approximate surface area is 114 Å². The second kappa shape index (κ2) is 6.64. The molecule has 0 unspecified atom stereocenters. The van der Waals surface area contributed by atoms with Gasteiger partial charge in [0, 0.05) is 23.2 Å². The van der Waals surface area contributed by atoms with Crippen LogP contribution in [0.25, 0.3) is 0 Å². The van der Waals surface area contributed by atoms with Crippen molar-refractivity contribution in [1.82, 2.24) is 10.3 Å². The summed E-state index contributed by atoms with van der Waals surface area (Å²) in [5, 5.41) is 4.68. The van der Waals surface area contributed by atoms with E-state index < -0.39 is 0 Å². The molecule has 1 aliphatic rings. The SMILES string of the molecule is CCc1cnc(CNCCC2(N)CCCCC2)s1. The Balaban J connectivity index is 1.66. The van der Waals surface area contributed by atoms with E-state index in [2.05, 4.69) is 17.2 Å². The molecule has 18 heavy (non-hydrogen) atoms. The Bertz CT molecular complexity index is 356. The number of thiazole rings is 1. The normalized spacial score (nSPS) is 19.0. The predicted octanol–water partition coefficient (Wildman–Crippen LogP) is 2.85. The van der Waals surface area contributed by atoms with Crippen LogP contribution in [-0.2, 0) is 13.0 Å². The van der Waals surface area contributed by atoms with Crippen LogP contribution in [0.2, 0.25) is 0 Å². The van der Waals surface area contributed by atoms with Crippen molar-refractivity contribution in [2.45, 2.75) is 64.0 Å². The first-order chi connectivity index (χ1) is 8.72. The molecule has 1 saturated carbocycles. The second-order valence-corrected chi connectivity index (χ2v) is 6.62. The molecule has 4 heteroatoms. The number of rotatable bonds is 6. The molecular formula is C14H25N3S. The van der Waals surface area contributed by atoms with Gasteiger partial charge in [-0.2, -0.15) is 0 Å². The summed E-state index contributed by atoms with van der Waals surface area (Å²) in [6.45, 7) is 4.07. The van der Waals surface area contributed by atoms with Crippen LogP contribution in [0, 0.1) is 0 Å². The van der Waals surface area contributed by atoms with Crippen molar-refractivity contribution >= 4 is 11.3 Å². The van der Waals surface area contributed by atoms with Gasteiger partial charge >= 0.3 is 0 Å². The Kier molecular flexibility index (Phi) is 5.15. The maximum absolute atomic E-state index is 6.41. The second-order valence-electron chi connectivity index (χ2n) is 5.42. The van der Waals surface area contributed by atoms with Gasteiger partial charge in [-0.15, -0.1) is 11.3 Å². The highest BCUT2D eigenvalue weighted by Gasteiger charge is 2.26. The van der Waals surface area contributed by atoms with E-state index in [0.29, 0.717) is 0 Å². The van der Waals surface area contributed by atoms with Crippen molar-refractivity contribution in [3.05, 3.63) is 16.1 Å². The standard InChI is InChI=1S/C14H25N3S/c1-2-12-10-17-13(18-12)11-16-9-8-14(15)6-4-3-5-7-14/h10,16H,2-9,11,15H2,1H3. The van der Waals surface area contributed by atoms with Gasteiger partial charge in [-0.3, -0.25) is 0 Å². The van der Waals surface area contributed by atoms with Crippen molar-refractivity contribution in [3.8, 4) is 0 Å².